The first-order valence-corrected chi connectivity index (χ1v) is 6.22. The van der Waals surface area contributed by atoms with Crippen LogP contribution in [0, 0.1) is 0 Å². The fourth-order valence-corrected chi connectivity index (χ4v) is 2.23. The van der Waals surface area contributed by atoms with Crippen molar-refractivity contribution in [2.45, 2.75) is 5.85 Å². The molecule has 0 radical (unpaired) electrons. The van der Waals surface area contributed by atoms with Gasteiger partial charge >= 0.3 is 15.2 Å². The minimum Gasteiger partial charge on any atom is -0.380 e. The van der Waals surface area contributed by atoms with Crippen LogP contribution in [-0.4, -0.2) is 36.7 Å². The van der Waals surface area contributed by atoms with Crippen LogP contribution in [0.2, 0.25) is 0 Å². The first-order valence-electron chi connectivity index (χ1n) is 2.74. The Labute approximate surface area is 73.7 Å². The predicted octanol–water partition coefficient (Wildman–Crippen LogP) is -2.52. The van der Waals surface area contributed by atoms with Crippen molar-refractivity contribution < 1.29 is 33.8 Å². The monoisotopic (exact) mass is 238 g/mol. The van der Waals surface area contributed by atoms with Gasteiger partial charge in [-0.05, 0) is 0 Å². The van der Waals surface area contributed by atoms with Gasteiger partial charge in [0.05, 0.1) is 6.16 Å². The van der Waals surface area contributed by atoms with Gasteiger partial charge < -0.3 is 24.7 Å². The average Bonchev–Trinajstić information content (AvgIpc) is 1.86. The Balaban J connectivity index is 0. The molecule has 0 bridgehead atoms. The summed E-state index contributed by atoms with van der Waals surface area (Å²) in [6.07, 6.45) is -1.22. The lowest BCUT2D eigenvalue weighted by Gasteiger charge is -2.12. The zero-order valence-electron chi connectivity index (χ0n) is 6.39. The third-order valence-electron chi connectivity index (χ3n) is 0.789. The molecule has 0 aliphatic carbocycles. The lowest BCUT2D eigenvalue weighted by molar-refractivity contribution is 0.211. The number of hydrogen-bond donors (Lipinski definition) is 7. The smallest absolute Gasteiger partial charge is 0.354 e. The van der Waals surface area contributed by atoms with Crippen LogP contribution < -0.4 is 11.7 Å². The summed E-state index contributed by atoms with van der Waals surface area (Å²) in [6.45, 7) is 0. The molecule has 82 valence electrons. The molecule has 0 saturated heterocycles. The van der Waals surface area contributed by atoms with Crippen molar-refractivity contribution in [1.82, 2.24) is 0 Å². The van der Waals surface area contributed by atoms with Crippen LogP contribution >= 0.6 is 15.2 Å². The average molecular weight is 238 g/mol. The largest absolute Gasteiger partial charge is 0.380 e. The Morgan fingerprint density at radius 2 is 1.38 bits per heavy atom. The van der Waals surface area contributed by atoms with Crippen molar-refractivity contribution in [3.8, 4) is 0 Å². The van der Waals surface area contributed by atoms with Gasteiger partial charge in [-0.15, -0.1) is 0 Å². The molecule has 0 heterocycles. The molecule has 0 aromatic carbocycles. The molecule has 0 aromatic heterocycles. The fourth-order valence-electron chi connectivity index (χ4n) is 0.319. The molecular formula is C2H12N2O7P2. The topological polar surface area (TPSA) is 187 Å². The van der Waals surface area contributed by atoms with Gasteiger partial charge in [0.25, 0.3) is 0 Å². The molecule has 11 heteroatoms. The third-order valence-corrected chi connectivity index (χ3v) is 2.86. The minimum absolute atomic E-state index is 1.22. The number of hydrazine groups is 1. The van der Waals surface area contributed by atoms with E-state index in [1.165, 1.54) is 0 Å². The molecule has 0 aromatic rings. The molecule has 13 heavy (non-hydrogen) atoms. The van der Waals surface area contributed by atoms with E-state index in [9.17, 15) is 9.13 Å². The van der Waals surface area contributed by atoms with E-state index in [-0.39, 0.29) is 0 Å². The Morgan fingerprint density at radius 3 is 1.46 bits per heavy atom. The molecule has 9 N–H and O–H groups in total. The number of aliphatic hydroxyl groups excluding tert-OH is 1. The lowest BCUT2D eigenvalue weighted by atomic mass is 10.9. The van der Waals surface area contributed by atoms with Crippen molar-refractivity contribution >= 4 is 15.2 Å². The summed E-state index contributed by atoms with van der Waals surface area (Å²) in [4.78, 5) is 32.7. The van der Waals surface area contributed by atoms with Crippen LogP contribution in [0.3, 0.4) is 0 Å². The van der Waals surface area contributed by atoms with Gasteiger partial charge in [-0.1, -0.05) is 0 Å². The van der Waals surface area contributed by atoms with E-state index in [2.05, 4.69) is 11.7 Å². The van der Waals surface area contributed by atoms with E-state index in [4.69, 9.17) is 24.7 Å². The molecule has 0 fully saturated rings. The van der Waals surface area contributed by atoms with Crippen molar-refractivity contribution in [2.24, 2.45) is 11.7 Å². The fraction of sp³-hybridized carbons (Fsp3) is 1.00. The molecule has 1 unspecified atom stereocenters. The van der Waals surface area contributed by atoms with E-state index < -0.39 is 27.2 Å². The van der Waals surface area contributed by atoms with Gasteiger partial charge in [0.2, 0.25) is 0 Å². The van der Waals surface area contributed by atoms with Crippen LogP contribution in [0.1, 0.15) is 0 Å². The quantitative estimate of drug-likeness (QED) is 0.158. The second-order valence-corrected chi connectivity index (χ2v) is 5.39. The van der Waals surface area contributed by atoms with Crippen LogP contribution in [-0.2, 0) is 9.13 Å². The van der Waals surface area contributed by atoms with Crippen LogP contribution in [0.4, 0.5) is 0 Å². The maximum atomic E-state index is 10.1. The maximum absolute atomic E-state index is 10.1. The van der Waals surface area contributed by atoms with Gasteiger partial charge in [0.15, 0.2) is 5.85 Å². The van der Waals surface area contributed by atoms with Gasteiger partial charge in [0, 0.05) is 0 Å². The highest BCUT2D eigenvalue weighted by molar-refractivity contribution is 7.56. The molecule has 0 spiro atoms. The number of aliphatic hydroxyl groups is 1. The van der Waals surface area contributed by atoms with Gasteiger partial charge in [-0.25, -0.2) is 0 Å². The summed E-state index contributed by atoms with van der Waals surface area (Å²) in [5, 5.41) is 8.47. The van der Waals surface area contributed by atoms with Crippen LogP contribution in [0.25, 0.3) is 0 Å². The zero-order chi connectivity index (χ0) is 11.3. The Morgan fingerprint density at radius 1 is 1.08 bits per heavy atom. The second-order valence-electron chi connectivity index (χ2n) is 1.92. The van der Waals surface area contributed by atoms with E-state index in [1.54, 1.807) is 0 Å². The maximum Gasteiger partial charge on any atom is 0.354 e. The summed E-state index contributed by atoms with van der Waals surface area (Å²) < 4.78 is 20.2. The Bertz CT molecular complexity index is 219. The lowest BCUT2D eigenvalue weighted by Crippen LogP contribution is -2.12. The summed E-state index contributed by atoms with van der Waals surface area (Å²) in [5.74, 6) is 5.71. The molecule has 1 atom stereocenters. The summed E-state index contributed by atoms with van der Waals surface area (Å²) in [6, 6.07) is 0. The van der Waals surface area contributed by atoms with E-state index >= 15 is 0 Å². The summed E-state index contributed by atoms with van der Waals surface area (Å²) in [7, 11) is -9.35. The highest BCUT2D eigenvalue weighted by atomic mass is 31.2. The molecule has 9 nitrogen and oxygen atoms in total. The first kappa shape index (κ1) is 15.6. The molecule has 0 rings (SSSR count). The molecule has 0 aliphatic rings. The number of nitrogens with two attached hydrogens (primary N) is 2. The van der Waals surface area contributed by atoms with E-state index in [0.717, 1.165) is 0 Å². The Kier molecular flexibility index (Phi) is 7.00. The number of hydrogen-bond acceptors (Lipinski definition) is 5. The second kappa shape index (κ2) is 5.82. The highest BCUT2D eigenvalue weighted by Crippen LogP contribution is 2.47. The van der Waals surface area contributed by atoms with E-state index in [0.29, 0.717) is 0 Å². The summed E-state index contributed by atoms with van der Waals surface area (Å²) >= 11 is 0. The van der Waals surface area contributed by atoms with Crippen LogP contribution in [0.15, 0.2) is 0 Å². The Hall–Kier alpha value is 0.180. The van der Waals surface area contributed by atoms with Gasteiger partial charge in [-0.3, -0.25) is 20.8 Å². The molecule has 0 aliphatic heterocycles. The van der Waals surface area contributed by atoms with E-state index in [1.807, 2.05) is 0 Å². The standard InChI is InChI=1S/C2H8O7P2.H4N2/c3-2(11(7,8)9)1-10(4,5)6;1-2/h2-3H,1H2,(H2,4,5,6)(H2,7,8,9);1-2H2. The summed E-state index contributed by atoms with van der Waals surface area (Å²) in [5.41, 5.74) is 0. The van der Waals surface area contributed by atoms with Crippen molar-refractivity contribution in [3.63, 3.8) is 0 Å². The minimum atomic E-state index is -4.79. The van der Waals surface area contributed by atoms with Crippen molar-refractivity contribution in [1.29, 1.82) is 0 Å². The SMILES string of the molecule is NN.O=P(O)(O)CC(O)P(=O)(O)O. The molecule has 0 amide bonds. The number of rotatable bonds is 3. The van der Waals surface area contributed by atoms with Crippen molar-refractivity contribution in [2.75, 3.05) is 6.16 Å². The zero-order valence-corrected chi connectivity index (χ0v) is 8.18. The first-order chi connectivity index (χ1) is 5.63. The predicted molar refractivity (Wildman–Crippen MR) is 43.3 cm³/mol. The molecule has 0 saturated carbocycles. The van der Waals surface area contributed by atoms with Gasteiger partial charge in [0.1, 0.15) is 0 Å². The van der Waals surface area contributed by atoms with Crippen LogP contribution in [0.5, 0.6) is 0 Å². The normalized spacial score (nSPS) is 14.4. The van der Waals surface area contributed by atoms with Gasteiger partial charge in [-0.2, -0.15) is 0 Å². The van der Waals surface area contributed by atoms with Crippen molar-refractivity contribution in [3.05, 3.63) is 0 Å². The third kappa shape index (κ3) is 10.1. The molecular weight excluding hydrogens is 226 g/mol. The highest BCUT2D eigenvalue weighted by Gasteiger charge is 2.32.